The largest absolute Gasteiger partial charge is 0.466 e. The molecule has 192 valence electrons. The SMILES string of the molecule is CCOC(=O)CC1(CC)CCc2cc(-c3ccc(NC(=O)Nc4cccc(C)c4)cc3C)ccc2C1=O. The molecule has 3 aromatic rings. The number of carbonyl (C=O) groups excluding carboxylic acids is 3. The third kappa shape index (κ3) is 5.74. The summed E-state index contributed by atoms with van der Waals surface area (Å²) in [5.41, 5.74) is 6.61. The molecule has 0 radical (unpaired) electrons. The van der Waals surface area contributed by atoms with E-state index in [1.54, 1.807) is 6.92 Å². The van der Waals surface area contributed by atoms with Crippen LogP contribution in [0.25, 0.3) is 11.1 Å². The van der Waals surface area contributed by atoms with Crippen LogP contribution in [0.4, 0.5) is 16.2 Å². The maximum Gasteiger partial charge on any atom is 0.323 e. The van der Waals surface area contributed by atoms with Crippen molar-refractivity contribution in [2.45, 2.75) is 53.4 Å². The summed E-state index contributed by atoms with van der Waals surface area (Å²) in [5, 5.41) is 5.75. The molecule has 1 aliphatic carbocycles. The highest BCUT2D eigenvalue weighted by Crippen LogP contribution is 2.42. The van der Waals surface area contributed by atoms with Gasteiger partial charge in [-0.1, -0.05) is 43.3 Å². The molecule has 1 atom stereocenters. The average molecular weight is 499 g/mol. The normalized spacial score (nSPS) is 16.6. The van der Waals surface area contributed by atoms with Gasteiger partial charge < -0.3 is 15.4 Å². The van der Waals surface area contributed by atoms with E-state index in [2.05, 4.69) is 16.7 Å². The first kappa shape index (κ1) is 26.1. The number of Topliss-reactive ketones (excluding diaryl/α,β-unsaturated/α-hetero) is 1. The summed E-state index contributed by atoms with van der Waals surface area (Å²) >= 11 is 0. The van der Waals surface area contributed by atoms with Gasteiger partial charge in [-0.25, -0.2) is 4.79 Å². The molecule has 0 bridgehead atoms. The molecule has 0 aromatic heterocycles. The number of hydrogen-bond donors (Lipinski definition) is 2. The van der Waals surface area contributed by atoms with Gasteiger partial charge in [-0.15, -0.1) is 0 Å². The smallest absolute Gasteiger partial charge is 0.323 e. The zero-order valence-electron chi connectivity index (χ0n) is 21.9. The second kappa shape index (κ2) is 11.0. The van der Waals surface area contributed by atoms with Crippen molar-refractivity contribution in [1.82, 2.24) is 0 Å². The molecule has 0 saturated carbocycles. The molecular weight excluding hydrogens is 464 g/mol. The van der Waals surface area contributed by atoms with Crippen LogP contribution in [-0.2, 0) is 16.0 Å². The summed E-state index contributed by atoms with van der Waals surface area (Å²) in [6.45, 7) is 8.05. The van der Waals surface area contributed by atoms with E-state index in [4.69, 9.17) is 4.74 Å². The molecule has 6 heteroatoms. The van der Waals surface area contributed by atoms with E-state index in [9.17, 15) is 14.4 Å². The molecule has 37 heavy (non-hydrogen) atoms. The standard InChI is InChI=1S/C31H34N2O4/c1-5-31(19-28(34)37-6-2)15-14-23-18-22(10-12-27(23)29(31)35)26-13-11-25(17-21(26)4)33-30(36)32-24-9-7-8-20(3)16-24/h7-13,16-18H,5-6,14-15,19H2,1-4H3,(H2,32,33,36). The van der Waals surface area contributed by atoms with Crippen molar-refractivity contribution in [3.05, 3.63) is 82.9 Å². The van der Waals surface area contributed by atoms with E-state index in [0.29, 0.717) is 30.7 Å². The summed E-state index contributed by atoms with van der Waals surface area (Å²) in [6, 6.07) is 19.1. The Balaban J connectivity index is 1.50. The fraction of sp³-hybridized carbons (Fsp3) is 0.323. The third-order valence-electron chi connectivity index (χ3n) is 7.24. The predicted molar refractivity (Wildman–Crippen MR) is 147 cm³/mol. The third-order valence-corrected chi connectivity index (χ3v) is 7.24. The first-order valence-electron chi connectivity index (χ1n) is 12.8. The van der Waals surface area contributed by atoms with Gasteiger partial charge in [0.15, 0.2) is 5.78 Å². The Hall–Kier alpha value is -3.93. The molecule has 0 fully saturated rings. The Labute approximate surface area is 218 Å². The maximum absolute atomic E-state index is 13.5. The summed E-state index contributed by atoms with van der Waals surface area (Å²) in [7, 11) is 0. The van der Waals surface area contributed by atoms with E-state index < -0.39 is 5.41 Å². The first-order valence-corrected chi connectivity index (χ1v) is 12.8. The number of rotatable bonds is 7. The topological polar surface area (TPSA) is 84.5 Å². The van der Waals surface area contributed by atoms with Crippen molar-refractivity contribution in [3.63, 3.8) is 0 Å². The fourth-order valence-corrected chi connectivity index (χ4v) is 5.16. The van der Waals surface area contributed by atoms with Crippen molar-refractivity contribution >= 4 is 29.2 Å². The van der Waals surface area contributed by atoms with Crippen LogP contribution in [0, 0.1) is 19.3 Å². The molecule has 0 spiro atoms. The lowest BCUT2D eigenvalue weighted by Gasteiger charge is -2.35. The number of anilines is 2. The van der Waals surface area contributed by atoms with Crippen molar-refractivity contribution in [2.24, 2.45) is 5.41 Å². The van der Waals surface area contributed by atoms with Crippen LogP contribution in [0.1, 0.15) is 60.2 Å². The highest BCUT2D eigenvalue weighted by molar-refractivity contribution is 6.05. The second-order valence-electron chi connectivity index (χ2n) is 9.80. The van der Waals surface area contributed by atoms with Crippen molar-refractivity contribution in [2.75, 3.05) is 17.2 Å². The van der Waals surface area contributed by atoms with Crippen LogP contribution in [0.2, 0.25) is 0 Å². The molecule has 4 rings (SSSR count). The number of carbonyl (C=O) groups is 3. The number of hydrogen-bond acceptors (Lipinski definition) is 4. The lowest BCUT2D eigenvalue weighted by molar-refractivity contribution is -0.145. The Morgan fingerprint density at radius 2 is 1.65 bits per heavy atom. The van der Waals surface area contributed by atoms with Gasteiger partial charge in [0.25, 0.3) is 0 Å². The van der Waals surface area contributed by atoms with Crippen LogP contribution >= 0.6 is 0 Å². The Morgan fingerprint density at radius 3 is 2.32 bits per heavy atom. The summed E-state index contributed by atoms with van der Waals surface area (Å²) < 4.78 is 5.14. The summed E-state index contributed by atoms with van der Waals surface area (Å²) in [5.74, 6) is -0.276. The van der Waals surface area contributed by atoms with Gasteiger partial charge in [-0.3, -0.25) is 9.59 Å². The number of nitrogens with one attached hydrogen (secondary N) is 2. The maximum atomic E-state index is 13.5. The lowest BCUT2D eigenvalue weighted by Crippen LogP contribution is -2.38. The number of esters is 1. The summed E-state index contributed by atoms with van der Waals surface area (Å²) in [6.07, 6.45) is 2.11. The minimum absolute atomic E-state index is 0.0340. The second-order valence-corrected chi connectivity index (χ2v) is 9.80. The van der Waals surface area contributed by atoms with Crippen molar-refractivity contribution in [3.8, 4) is 11.1 Å². The van der Waals surface area contributed by atoms with Gasteiger partial charge in [0.1, 0.15) is 0 Å². The summed E-state index contributed by atoms with van der Waals surface area (Å²) in [4.78, 5) is 38.1. The highest BCUT2D eigenvalue weighted by Gasteiger charge is 2.43. The Bertz CT molecular complexity index is 1350. The van der Waals surface area contributed by atoms with E-state index in [1.807, 2.05) is 75.4 Å². The molecule has 3 aromatic carbocycles. The van der Waals surface area contributed by atoms with Crippen LogP contribution in [0.5, 0.6) is 0 Å². The van der Waals surface area contributed by atoms with Crippen molar-refractivity contribution < 1.29 is 19.1 Å². The molecule has 6 nitrogen and oxygen atoms in total. The predicted octanol–water partition coefficient (Wildman–Crippen LogP) is 7.09. The molecule has 2 amide bonds. The van der Waals surface area contributed by atoms with Gasteiger partial charge in [-0.05, 0) is 92.1 Å². The van der Waals surface area contributed by atoms with Crippen LogP contribution in [-0.4, -0.2) is 24.4 Å². The minimum atomic E-state index is -0.691. The zero-order chi connectivity index (χ0) is 26.6. The number of ether oxygens (including phenoxy) is 1. The van der Waals surface area contributed by atoms with Gasteiger partial charge in [0.05, 0.1) is 13.0 Å². The van der Waals surface area contributed by atoms with Crippen LogP contribution in [0.3, 0.4) is 0 Å². The molecule has 1 aliphatic rings. The van der Waals surface area contributed by atoms with Crippen LogP contribution in [0.15, 0.2) is 60.7 Å². The average Bonchev–Trinajstić information content (AvgIpc) is 2.86. The fourth-order valence-electron chi connectivity index (χ4n) is 5.16. The molecule has 0 heterocycles. The molecule has 0 saturated heterocycles. The number of ketones is 1. The zero-order valence-corrected chi connectivity index (χ0v) is 21.9. The molecular formula is C31H34N2O4. The van der Waals surface area contributed by atoms with Crippen LogP contribution < -0.4 is 10.6 Å². The Kier molecular flexibility index (Phi) is 7.77. The number of urea groups is 1. The van der Waals surface area contributed by atoms with Gasteiger partial charge in [0.2, 0.25) is 0 Å². The quantitative estimate of drug-likeness (QED) is 0.341. The first-order chi connectivity index (χ1) is 17.7. The van der Waals surface area contributed by atoms with Gasteiger partial charge in [-0.2, -0.15) is 0 Å². The number of aryl methyl sites for hydroxylation is 3. The van der Waals surface area contributed by atoms with E-state index in [1.165, 1.54) is 0 Å². The number of fused-ring (bicyclic) bond motifs is 1. The van der Waals surface area contributed by atoms with Gasteiger partial charge in [0, 0.05) is 22.4 Å². The molecule has 0 aliphatic heterocycles. The lowest BCUT2D eigenvalue weighted by atomic mass is 9.67. The minimum Gasteiger partial charge on any atom is -0.466 e. The van der Waals surface area contributed by atoms with E-state index in [0.717, 1.165) is 39.9 Å². The highest BCUT2D eigenvalue weighted by atomic mass is 16.5. The van der Waals surface area contributed by atoms with E-state index >= 15 is 0 Å². The van der Waals surface area contributed by atoms with E-state index in [-0.39, 0.29) is 24.2 Å². The van der Waals surface area contributed by atoms with Crippen molar-refractivity contribution in [1.29, 1.82) is 0 Å². The molecule has 2 N–H and O–H groups in total. The molecule has 1 unspecified atom stereocenters. The van der Waals surface area contributed by atoms with Gasteiger partial charge >= 0.3 is 12.0 Å². The number of amides is 2. The monoisotopic (exact) mass is 498 g/mol. The Morgan fingerprint density at radius 1 is 0.919 bits per heavy atom. The number of benzene rings is 3.